The van der Waals surface area contributed by atoms with Crippen LogP contribution in [0.1, 0.15) is 23.7 Å². The Balaban J connectivity index is 2.31. The van der Waals surface area contributed by atoms with Gasteiger partial charge in [-0.3, -0.25) is 9.52 Å². The summed E-state index contributed by atoms with van der Waals surface area (Å²) in [6, 6.07) is 5.89. The normalized spacial score (nSPS) is 11.7. The van der Waals surface area contributed by atoms with E-state index in [0.29, 0.717) is 15.9 Å². The van der Waals surface area contributed by atoms with Crippen LogP contribution in [0.2, 0.25) is 0 Å². The summed E-state index contributed by atoms with van der Waals surface area (Å²) in [5.41, 5.74) is 0.503. The average Bonchev–Trinajstić information content (AvgIpc) is 2.91. The van der Waals surface area contributed by atoms with Crippen molar-refractivity contribution in [3.05, 3.63) is 52.0 Å². The maximum atomic E-state index is 14.3. The van der Waals surface area contributed by atoms with E-state index in [2.05, 4.69) is 20.7 Å². The Morgan fingerprint density at radius 2 is 1.93 bits per heavy atom. The lowest BCUT2D eigenvalue weighted by Gasteiger charge is -2.06. The number of nitrogens with one attached hydrogen (secondary N) is 1. The monoisotopic (exact) mass is 457 g/mol. The molecule has 142 valence electrons. The molecule has 0 aliphatic rings. The fraction of sp³-hybridized carbons (Fsp3) is 0.167. The minimum atomic E-state index is -3.55. The molecule has 0 atom stereocenters. The van der Waals surface area contributed by atoms with Crippen molar-refractivity contribution >= 4 is 48.4 Å². The third-order valence-electron chi connectivity index (χ3n) is 3.85. The van der Waals surface area contributed by atoms with E-state index >= 15 is 0 Å². The molecule has 1 heterocycles. The summed E-state index contributed by atoms with van der Waals surface area (Å²) in [5.74, 6) is -1.94. The molecule has 0 spiro atoms. The number of ketones is 1. The predicted octanol–water partition coefficient (Wildman–Crippen LogP) is 5.10. The maximum absolute atomic E-state index is 14.3. The number of sulfonamides is 1. The van der Waals surface area contributed by atoms with Crippen LogP contribution < -0.4 is 4.72 Å². The van der Waals surface area contributed by atoms with E-state index < -0.39 is 21.7 Å². The van der Waals surface area contributed by atoms with Crippen LogP contribution in [-0.2, 0) is 10.0 Å². The van der Waals surface area contributed by atoms with Gasteiger partial charge in [-0.2, -0.15) is 0 Å². The molecule has 0 fully saturated rings. The zero-order chi connectivity index (χ0) is 19.9. The summed E-state index contributed by atoms with van der Waals surface area (Å²) >= 11 is 3.26. The second kappa shape index (κ2) is 7.05. The SMILES string of the molecule is CCC(=O)c1c(-c2ccc(F)cc2F)oc2cc(NS(C)(=O)=O)c(Br)cc12. The number of benzene rings is 2. The smallest absolute Gasteiger partial charge is 0.229 e. The topological polar surface area (TPSA) is 76.4 Å². The van der Waals surface area contributed by atoms with Gasteiger partial charge in [-0.25, -0.2) is 17.2 Å². The average molecular weight is 458 g/mol. The molecule has 0 saturated carbocycles. The van der Waals surface area contributed by atoms with Crippen molar-refractivity contribution in [3.8, 4) is 11.3 Å². The molecule has 0 saturated heterocycles. The lowest BCUT2D eigenvalue weighted by Crippen LogP contribution is -2.09. The number of hydrogen-bond acceptors (Lipinski definition) is 4. The molecular formula is C18H14BrF2NO4S. The summed E-state index contributed by atoms with van der Waals surface area (Å²) < 4.78 is 59.0. The van der Waals surface area contributed by atoms with Crippen LogP contribution in [0.4, 0.5) is 14.5 Å². The van der Waals surface area contributed by atoms with Crippen molar-refractivity contribution in [1.29, 1.82) is 0 Å². The molecule has 1 N–H and O–H groups in total. The number of carbonyl (C=O) groups is 1. The van der Waals surface area contributed by atoms with Crippen molar-refractivity contribution < 1.29 is 26.4 Å². The Morgan fingerprint density at radius 3 is 2.52 bits per heavy atom. The van der Waals surface area contributed by atoms with E-state index in [1.54, 1.807) is 6.92 Å². The predicted molar refractivity (Wildman–Crippen MR) is 102 cm³/mol. The maximum Gasteiger partial charge on any atom is 0.229 e. The minimum absolute atomic E-state index is 0.0299. The number of halogens is 3. The summed E-state index contributed by atoms with van der Waals surface area (Å²) in [5, 5.41) is 0.395. The molecule has 0 bridgehead atoms. The number of anilines is 1. The number of hydrogen-bond donors (Lipinski definition) is 1. The van der Waals surface area contributed by atoms with Gasteiger partial charge in [-0.15, -0.1) is 0 Å². The summed E-state index contributed by atoms with van der Waals surface area (Å²) in [7, 11) is -3.55. The Kier molecular flexibility index (Phi) is 5.09. The van der Waals surface area contributed by atoms with Crippen LogP contribution in [0.15, 0.2) is 39.2 Å². The lowest BCUT2D eigenvalue weighted by atomic mass is 10.00. The molecule has 0 aliphatic heterocycles. The van der Waals surface area contributed by atoms with E-state index in [-0.39, 0.29) is 40.4 Å². The van der Waals surface area contributed by atoms with Gasteiger partial charge < -0.3 is 4.42 Å². The molecule has 2 aromatic carbocycles. The molecule has 3 rings (SSSR count). The summed E-state index contributed by atoms with van der Waals surface area (Å²) in [4.78, 5) is 12.5. The Labute approximate surface area is 162 Å². The molecular weight excluding hydrogens is 444 g/mol. The first-order valence-electron chi connectivity index (χ1n) is 7.83. The second-order valence-corrected chi connectivity index (χ2v) is 8.51. The van der Waals surface area contributed by atoms with Crippen LogP contribution >= 0.6 is 15.9 Å². The van der Waals surface area contributed by atoms with Gasteiger partial charge in [0.2, 0.25) is 10.0 Å². The third-order valence-corrected chi connectivity index (χ3v) is 5.10. The minimum Gasteiger partial charge on any atom is -0.455 e. The molecule has 3 aromatic rings. The highest BCUT2D eigenvalue weighted by molar-refractivity contribution is 9.10. The molecule has 0 unspecified atom stereocenters. The van der Waals surface area contributed by atoms with Gasteiger partial charge in [-0.1, -0.05) is 6.92 Å². The van der Waals surface area contributed by atoms with Gasteiger partial charge in [-0.05, 0) is 34.1 Å². The molecule has 0 amide bonds. The zero-order valence-electron chi connectivity index (χ0n) is 14.3. The Hall–Kier alpha value is -2.26. The second-order valence-electron chi connectivity index (χ2n) is 5.91. The first-order valence-corrected chi connectivity index (χ1v) is 10.5. The van der Waals surface area contributed by atoms with E-state index in [9.17, 15) is 22.0 Å². The fourth-order valence-electron chi connectivity index (χ4n) is 2.71. The molecule has 5 nitrogen and oxygen atoms in total. The van der Waals surface area contributed by atoms with Crippen molar-refractivity contribution in [2.45, 2.75) is 13.3 Å². The Morgan fingerprint density at radius 1 is 1.22 bits per heavy atom. The number of furan rings is 1. The highest BCUT2D eigenvalue weighted by Crippen LogP contribution is 2.39. The van der Waals surface area contributed by atoms with Crippen molar-refractivity contribution in [1.82, 2.24) is 0 Å². The van der Waals surface area contributed by atoms with Gasteiger partial charge in [0, 0.05) is 28.4 Å². The van der Waals surface area contributed by atoms with Crippen LogP contribution in [-0.4, -0.2) is 20.5 Å². The first kappa shape index (κ1) is 19.5. The summed E-state index contributed by atoms with van der Waals surface area (Å²) in [6.45, 7) is 1.65. The van der Waals surface area contributed by atoms with Crippen molar-refractivity contribution in [2.75, 3.05) is 11.0 Å². The van der Waals surface area contributed by atoms with Crippen LogP contribution in [0.3, 0.4) is 0 Å². The highest BCUT2D eigenvalue weighted by atomic mass is 79.9. The van der Waals surface area contributed by atoms with E-state index in [4.69, 9.17) is 4.42 Å². The molecule has 9 heteroatoms. The Bertz CT molecular complexity index is 1170. The van der Waals surface area contributed by atoms with Crippen molar-refractivity contribution in [3.63, 3.8) is 0 Å². The number of carbonyl (C=O) groups excluding carboxylic acids is 1. The molecule has 27 heavy (non-hydrogen) atoms. The van der Waals surface area contributed by atoms with Gasteiger partial charge >= 0.3 is 0 Å². The van der Waals surface area contributed by atoms with Gasteiger partial charge in [0.05, 0.1) is 23.1 Å². The van der Waals surface area contributed by atoms with E-state index in [0.717, 1.165) is 12.3 Å². The van der Waals surface area contributed by atoms with Gasteiger partial charge in [0.15, 0.2) is 5.78 Å². The first-order chi connectivity index (χ1) is 12.6. The van der Waals surface area contributed by atoms with Crippen LogP contribution in [0.5, 0.6) is 0 Å². The number of fused-ring (bicyclic) bond motifs is 1. The fourth-order valence-corrected chi connectivity index (χ4v) is 3.85. The van der Waals surface area contributed by atoms with Gasteiger partial charge in [0.25, 0.3) is 0 Å². The standard InChI is InChI=1S/C18H14BrF2NO4S/c1-3-15(23)17-11-7-12(19)14(22-27(2,24)25)8-16(11)26-18(17)10-5-4-9(20)6-13(10)21/h4-8,22H,3H2,1-2H3. The number of Topliss-reactive ketones (excluding diaryl/α,β-unsaturated/α-hetero) is 1. The quantitative estimate of drug-likeness (QED) is 0.540. The lowest BCUT2D eigenvalue weighted by molar-refractivity contribution is 0.0989. The molecule has 0 radical (unpaired) electrons. The largest absolute Gasteiger partial charge is 0.455 e. The highest BCUT2D eigenvalue weighted by Gasteiger charge is 2.24. The molecule has 0 aliphatic carbocycles. The van der Waals surface area contributed by atoms with Gasteiger partial charge in [0.1, 0.15) is 23.0 Å². The third kappa shape index (κ3) is 3.89. The number of rotatable bonds is 5. The zero-order valence-corrected chi connectivity index (χ0v) is 16.7. The van der Waals surface area contributed by atoms with Crippen LogP contribution in [0.25, 0.3) is 22.3 Å². The van der Waals surface area contributed by atoms with Crippen LogP contribution in [0, 0.1) is 11.6 Å². The molecule has 1 aromatic heterocycles. The van der Waals surface area contributed by atoms with E-state index in [1.807, 2.05) is 0 Å². The summed E-state index contributed by atoms with van der Waals surface area (Å²) in [6.07, 6.45) is 1.14. The van der Waals surface area contributed by atoms with E-state index in [1.165, 1.54) is 18.2 Å². The van der Waals surface area contributed by atoms with Crippen molar-refractivity contribution in [2.24, 2.45) is 0 Å².